The predicted molar refractivity (Wildman–Crippen MR) is 199 cm³/mol. The second-order valence-corrected chi connectivity index (χ2v) is 13.0. The Morgan fingerprint density at radius 1 is 0.879 bits per heavy atom. The van der Waals surface area contributed by atoms with Crippen LogP contribution in [0.2, 0.25) is 0 Å². The summed E-state index contributed by atoms with van der Waals surface area (Å²) in [5.41, 5.74) is 13.0. The average Bonchev–Trinajstić information content (AvgIpc) is 3.26. The minimum absolute atomic E-state index is 0.00587. The van der Waals surface area contributed by atoms with E-state index in [-0.39, 0.29) is 36.1 Å². The second kappa shape index (κ2) is 22.7. The SMILES string of the molecule is CC(=O)N[C@@H](CCCN=C(N)N)C(=O)NCCCCC1CCN(CC(=O)N2c3ccccc3NC(=O)c3ccccc32)CC1.O=C(O)C(F)(F)F.O=C(O)C(F)(F)F. The number of halogens is 6. The minimum atomic E-state index is -5.08. The summed E-state index contributed by atoms with van der Waals surface area (Å²) < 4.78 is 63.5. The minimum Gasteiger partial charge on any atom is -0.475 e. The number of aliphatic carboxylic acids is 2. The fourth-order valence-electron chi connectivity index (χ4n) is 5.83. The van der Waals surface area contributed by atoms with E-state index in [9.17, 15) is 45.5 Å². The van der Waals surface area contributed by atoms with Gasteiger partial charge in [-0.05, 0) is 75.4 Å². The number of unbranched alkanes of at least 4 members (excludes halogenated alkanes) is 1. The topological polar surface area (TPSA) is 250 Å². The van der Waals surface area contributed by atoms with Crippen molar-refractivity contribution < 1.29 is 65.3 Å². The Morgan fingerprint density at radius 3 is 1.98 bits per heavy atom. The number of para-hydroxylation sites is 3. The van der Waals surface area contributed by atoms with Crippen LogP contribution in [0, 0.1) is 5.92 Å². The Balaban J connectivity index is 0.000000707. The number of nitrogens with one attached hydrogen (secondary N) is 3. The Morgan fingerprint density at radius 2 is 1.43 bits per heavy atom. The Labute approximate surface area is 329 Å². The number of hydrogen-bond donors (Lipinski definition) is 7. The fourth-order valence-corrected chi connectivity index (χ4v) is 5.83. The van der Waals surface area contributed by atoms with Gasteiger partial charge in [-0.2, -0.15) is 26.3 Å². The molecule has 1 saturated heterocycles. The van der Waals surface area contributed by atoms with Crippen molar-refractivity contribution in [3.05, 3.63) is 54.1 Å². The highest BCUT2D eigenvalue weighted by Crippen LogP contribution is 2.38. The third kappa shape index (κ3) is 16.7. The molecule has 0 aromatic heterocycles. The van der Waals surface area contributed by atoms with Gasteiger partial charge in [-0.25, -0.2) is 9.59 Å². The van der Waals surface area contributed by atoms with Gasteiger partial charge < -0.3 is 37.6 Å². The lowest BCUT2D eigenvalue weighted by molar-refractivity contribution is -0.193. The molecule has 22 heteroatoms. The third-order valence-corrected chi connectivity index (χ3v) is 8.56. The number of benzene rings is 2. The molecule has 0 aliphatic carbocycles. The summed E-state index contributed by atoms with van der Waals surface area (Å²) in [5, 5.41) is 22.8. The molecular weight excluding hydrogens is 786 g/mol. The van der Waals surface area contributed by atoms with Crippen molar-refractivity contribution in [2.75, 3.05) is 42.9 Å². The maximum Gasteiger partial charge on any atom is 0.490 e. The van der Waals surface area contributed by atoms with Gasteiger partial charge in [-0.3, -0.25) is 34.0 Å². The van der Waals surface area contributed by atoms with Crippen LogP contribution in [-0.4, -0.2) is 108 Å². The highest BCUT2D eigenvalue weighted by Gasteiger charge is 2.39. The number of nitrogens with two attached hydrogens (primary N) is 2. The van der Waals surface area contributed by atoms with Crippen LogP contribution in [-0.2, 0) is 24.0 Å². The van der Waals surface area contributed by atoms with Crippen molar-refractivity contribution in [1.82, 2.24) is 15.5 Å². The van der Waals surface area contributed by atoms with E-state index in [0.717, 1.165) is 45.2 Å². The van der Waals surface area contributed by atoms with Crippen LogP contribution in [0.5, 0.6) is 0 Å². The Kier molecular flexibility index (Phi) is 18.9. The number of aliphatic imine (C=N–C) groups is 1. The summed E-state index contributed by atoms with van der Waals surface area (Å²) >= 11 is 0. The zero-order valence-electron chi connectivity index (χ0n) is 31.4. The van der Waals surface area contributed by atoms with Gasteiger partial charge >= 0.3 is 24.3 Å². The molecule has 0 unspecified atom stereocenters. The molecule has 2 aliphatic heterocycles. The Hall–Kier alpha value is -5.93. The monoisotopic (exact) mass is 832 g/mol. The van der Waals surface area contributed by atoms with Crippen molar-refractivity contribution in [1.29, 1.82) is 0 Å². The summed E-state index contributed by atoms with van der Waals surface area (Å²) in [6.45, 7) is 4.28. The fraction of sp³-hybridized carbons (Fsp3) is 0.472. The van der Waals surface area contributed by atoms with E-state index in [1.54, 1.807) is 17.0 Å². The molecule has 2 aromatic rings. The summed E-state index contributed by atoms with van der Waals surface area (Å²) in [4.78, 5) is 76.3. The van der Waals surface area contributed by atoms with E-state index in [2.05, 4.69) is 25.8 Å². The number of carboxylic acid groups (broad SMARTS) is 2. The number of hydrogen-bond acceptors (Lipinski definition) is 8. The first-order valence-electron chi connectivity index (χ1n) is 17.9. The van der Waals surface area contributed by atoms with Crippen molar-refractivity contribution >= 4 is 58.6 Å². The van der Waals surface area contributed by atoms with Crippen molar-refractivity contribution in [3.8, 4) is 0 Å². The van der Waals surface area contributed by atoms with Crippen molar-refractivity contribution in [3.63, 3.8) is 0 Å². The van der Waals surface area contributed by atoms with Crippen LogP contribution >= 0.6 is 0 Å². The molecule has 2 aliphatic rings. The molecule has 16 nitrogen and oxygen atoms in total. The van der Waals surface area contributed by atoms with E-state index in [1.807, 2.05) is 36.4 Å². The second-order valence-electron chi connectivity index (χ2n) is 13.0. The molecule has 0 spiro atoms. The summed E-state index contributed by atoms with van der Waals surface area (Å²) in [6, 6.07) is 14.0. The summed E-state index contributed by atoms with van der Waals surface area (Å²) in [7, 11) is 0. The molecule has 1 atom stereocenters. The molecular formula is C36H46F6N8O8. The molecule has 0 bridgehead atoms. The highest BCUT2D eigenvalue weighted by molar-refractivity contribution is 6.18. The van der Waals surface area contributed by atoms with E-state index >= 15 is 0 Å². The van der Waals surface area contributed by atoms with Crippen LogP contribution in [0.15, 0.2) is 53.5 Å². The molecule has 0 radical (unpaired) electrons. The first-order valence-corrected chi connectivity index (χ1v) is 17.9. The number of carbonyl (C=O) groups excluding carboxylic acids is 4. The largest absolute Gasteiger partial charge is 0.490 e. The van der Waals surface area contributed by atoms with Gasteiger partial charge in [0.1, 0.15) is 6.04 Å². The standard InChI is InChI=1S/C32H44N8O4.2C2HF3O2/c1-22(41)37-26(12-8-18-36-32(33)34)31(44)35-17-7-6-9-23-15-19-39(20-16-23)21-29(42)40-27-13-4-2-10-24(27)30(43)38-25-11-3-5-14-28(25)40;2*3-2(4,5)1(6)7/h2-5,10-11,13-14,23,26H,6-9,12,15-21H2,1H3,(H,35,44)(H,37,41)(H,38,43)(H4,33,34,36);2*(H,6,7)/t26-;;/m0../s1. The number of alkyl halides is 6. The molecule has 9 N–H and O–H groups in total. The maximum absolute atomic E-state index is 13.7. The van der Waals surface area contributed by atoms with Gasteiger partial charge in [0.2, 0.25) is 17.7 Å². The molecule has 1 fully saturated rings. The third-order valence-electron chi connectivity index (χ3n) is 8.56. The van der Waals surface area contributed by atoms with Gasteiger partial charge in [0, 0.05) is 20.0 Å². The van der Waals surface area contributed by atoms with E-state index in [1.165, 1.54) is 6.92 Å². The zero-order valence-corrected chi connectivity index (χ0v) is 31.4. The number of guanidine groups is 1. The van der Waals surface area contributed by atoms with E-state index in [4.69, 9.17) is 31.3 Å². The van der Waals surface area contributed by atoms with Gasteiger partial charge in [0.25, 0.3) is 5.91 Å². The van der Waals surface area contributed by atoms with E-state index in [0.29, 0.717) is 54.5 Å². The number of fused-ring (bicyclic) bond motifs is 2. The van der Waals surface area contributed by atoms with Crippen LogP contribution in [0.4, 0.5) is 43.4 Å². The van der Waals surface area contributed by atoms with Crippen LogP contribution < -0.4 is 32.3 Å². The lowest BCUT2D eigenvalue weighted by Crippen LogP contribution is -2.46. The van der Waals surface area contributed by atoms with Crippen LogP contribution in [0.1, 0.15) is 62.2 Å². The van der Waals surface area contributed by atoms with E-state index < -0.39 is 30.3 Å². The lowest BCUT2D eigenvalue weighted by atomic mass is 9.91. The maximum atomic E-state index is 13.7. The molecule has 58 heavy (non-hydrogen) atoms. The number of amides is 4. The predicted octanol–water partition coefficient (Wildman–Crippen LogP) is 3.74. The van der Waals surface area contributed by atoms with Gasteiger partial charge in [0.05, 0.1) is 29.2 Å². The first-order chi connectivity index (χ1) is 27.1. The van der Waals surface area contributed by atoms with Crippen molar-refractivity contribution in [2.45, 2.75) is 70.3 Å². The lowest BCUT2D eigenvalue weighted by Gasteiger charge is -2.33. The number of carbonyl (C=O) groups is 6. The molecule has 2 heterocycles. The quantitative estimate of drug-likeness (QED) is 0.0663. The molecule has 0 saturated carbocycles. The number of nitrogens with zero attached hydrogens (tertiary/aromatic N) is 3. The smallest absolute Gasteiger partial charge is 0.475 e. The molecule has 4 rings (SSSR count). The molecule has 2 aromatic carbocycles. The number of rotatable bonds is 13. The number of anilines is 3. The van der Waals surface area contributed by atoms with Crippen LogP contribution in [0.3, 0.4) is 0 Å². The number of likely N-dealkylation sites (tertiary alicyclic amines) is 1. The summed E-state index contributed by atoms with van der Waals surface area (Å²) in [6.07, 6.45) is -4.22. The van der Waals surface area contributed by atoms with Gasteiger partial charge in [-0.1, -0.05) is 37.1 Å². The number of carboxylic acids is 2. The average molecular weight is 833 g/mol. The number of piperidine rings is 1. The van der Waals surface area contributed by atoms with Gasteiger partial charge in [-0.15, -0.1) is 0 Å². The van der Waals surface area contributed by atoms with Crippen LogP contribution in [0.25, 0.3) is 0 Å². The summed E-state index contributed by atoms with van der Waals surface area (Å²) in [5.74, 6) is -5.68. The first kappa shape index (κ1) is 48.2. The Bertz CT molecular complexity index is 1740. The molecule has 320 valence electrons. The van der Waals surface area contributed by atoms with Crippen molar-refractivity contribution in [2.24, 2.45) is 22.4 Å². The molecule has 4 amide bonds. The zero-order chi connectivity index (χ0) is 43.6. The normalized spacial score (nSPS) is 14.6. The van der Waals surface area contributed by atoms with Gasteiger partial charge in [0.15, 0.2) is 5.96 Å². The highest BCUT2D eigenvalue weighted by atomic mass is 19.4.